The van der Waals surface area contributed by atoms with Crippen molar-refractivity contribution < 1.29 is 8.42 Å². The number of benzene rings is 1. The second-order valence-corrected chi connectivity index (χ2v) is 6.12. The summed E-state index contributed by atoms with van der Waals surface area (Å²) >= 11 is 0. The van der Waals surface area contributed by atoms with Crippen LogP contribution in [-0.4, -0.2) is 13.4 Å². The lowest BCUT2D eigenvalue weighted by Crippen LogP contribution is -2.15. The van der Waals surface area contributed by atoms with Gasteiger partial charge >= 0.3 is 0 Å². The maximum absolute atomic E-state index is 12.4. The Morgan fingerprint density at radius 2 is 1.58 bits per heavy atom. The molecule has 1 heterocycles. The molecule has 0 spiro atoms. The molecule has 1 aromatic carbocycles. The Morgan fingerprint density at radius 3 is 2.21 bits per heavy atom. The molecule has 0 saturated carbocycles. The first kappa shape index (κ1) is 13.5. The van der Waals surface area contributed by atoms with E-state index in [2.05, 4.69) is 9.71 Å². The van der Waals surface area contributed by atoms with E-state index in [1.807, 2.05) is 26.8 Å². The van der Waals surface area contributed by atoms with Gasteiger partial charge in [-0.2, -0.15) is 0 Å². The van der Waals surface area contributed by atoms with E-state index < -0.39 is 10.0 Å². The molecule has 0 radical (unpaired) electrons. The standard InChI is InChI=1S/C14H16N2O2S/c1-10-4-5-14(12(3)11(10)2)19(17,18)16-13-6-8-15-9-7-13/h4-9H,1-3H3,(H,15,16). The van der Waals surface area contributed by atoms with Crippen molar-refractivity contribution in [3.63, 3.8) is 0 Å². The lowest BCUT2D eigenvalue weighted by atomic mass is 10.1. The number of nitrogens with one attached hydrogen (secondary N) is 1. The molecule has 0 unspecified atom stereocenters. The highest BCUT2D eigenvalue weighted by Crippen LogP contribution is 2.23. The van der Waals surface area contributed by atoms with Crippen LogP contribution in [-0.2, 0) is 10.0 Å². The second-order valence-electron chi connectivity index (χ2n) is 4.47. The van der Waals surface area contributed by atoms with Crippen molar-refractivity contribution in [3.8, 4) is 0 Å². The van der Waals surface area contributed by atoms with Gasteiger partial charge in [-0.15, -0.1) is 0 Å². The molecule has 0 aliphatic heterocycles. The first-order valence-corrected chi connectivity index (χ1v) is 7.40. The minimum Gasteiger partial charge on any atom is -0.280 e. The third-order valence-corrected chi connectivity index (χ3v) is 4.76. The van der Waals surface area contributed by atoms with E-state index in [0.717, 1.165) is 16.7 Å². The quantitative estimate of drug-likeness (QED) is 0.937. The molecule has 0 fully saturated rings. The maximum atomic E-state index is 12.4. The van der Waals surface area contributed by atoms with Crippen LogP contribution in [0.3, 0.4) is 0 Å². The fourth-order valence-electron chi connectivity index (χ4n) is 1.85. The van der Waals surface area contributed by atoms with Gasteiger partial charge in [0.25, 0.3) is 10.0 Å². The van der Waals surface area contributed by atoms with Gasteiger partial charge in [0.05, 0.1) is 10.6 Å². The highest BCUT2D eigenvalue weighted by atomic mass is 32.2. The zero-order chi connectivity index (χ0) is 14.0. The topological polar surface area (TPSA) is 59.1 Å². The smallest absolute Gasteiger partial charge is 0.262 e. The third-order valence-electron chi connectivity index (χ3n) is 3.23. The average molecular weight is 276 g/mol. The minimum atomic E-state index is -3.56. The fraction of sp³-hybridized carbons (Fsp3) is 0.214. The van der Waals surface area contributed by atoms with E-state index in [-0.39, 0.29) is 0 Å². The van der Waals surface area contributed by atoms with E-state index >= 15 is 0 Å². The van der Waals surface area contributed by atoms with Gasteiger partial charge in [-0.05, 0) is 55.7 Å². The molecule has 1 aromatic heterocycles. The van der Waals surface area contributed by atoms with Gasteiger partial charge in [0.15, 0.2) is 0 Å². The molecular formula is C14H16N2O2S. The van der Waals surface area contributed by atoms with Gasteiger partial charge in [0, 0.05) is 12.4 Å². The molecule has 100 valence electrons. The zero-order valence-corrected chi connectivity index (χ0v) is 12.0. The molecule has 0 amide bonds. The Labute approximate surface area is 113 Å². The fourth-order valence-corrected chi connectivity index (χ4v) is 3.21. The summed E-state index contributed by atoms with van der Waals surface area (Å²) in [6.45, 7) is 5.72. The van der Waals surface area contributed by atoms with Crippen LogP contribution in [0.5, 0.6) is 0 Å². The SMILES string of the molecule is Cc1ccc(S(=O)(=O)Nc2ccncc2)c(C)c1C. The number of aromatic nitrogens is 1. The van der Waals surface area contributed by atoms with Crippen molar-refractivity contribution in [3.05, 3.63) is 53.3 Å². The summed E-state index contributed by atoms with van der Waals surface area (Å²) in [5.74, 6) is 0. The zero-order valence-electron chi connectivity index (χ0n) is 11.1. The van der Waals surface area contributed by atoms with Gasteiger partial charge in [-0.1, -0.05) is 6.07 Å². The largest absolute Gasteiger partial charge is 0.280 e. The molecule has 0 bridgehead atoms. The van der Waals surface area contributed by atoms with Crippen molar-refractivity contribution in [2.75, 3.05) is 4.72 Å². The van der Waals surface area contributed by atoms with Crippen LogP contribution in [0.15, 0.2) is 41.6 Å². The Hall–Kier alpha value is -1.88. The second kappa shape index (κ2) is 5.01. The van der Waals surface area contributed by atoms with Crippen LogP contribution < -0.4 is 4.72 Å². The number of sulfonamides is 1. The summed E-state index contributed by atoms with van der Waals surface area (Å²) in [5.41, 5.74) is 3.37. The Bertz CT molecular complexity index is 695. The molecule has 4 nitrogen and oxygen atoms in total. The van der Waals surface area contributed by atoms with Crippen LogP contribution in [0.1, 0.15) is 16.7 Å². The lowest BCUT2D eigenvalue weighted by Gasteiger charge is -2.13. The highest BCUT2D eigenvalue weighted by molar-refractivity contribution is 7.92. The molecule has 0 aliphatic rings. The molecule has 1 N–H and O–H groups in total. The summed E-state index contributed by atoms with van der Waals surface area (Å²) in [5, 5.41) is 0. The van der Waals surface area contributed by atoms with Gasteiger partial charge in [0.2, 0.25) is 0 Å². The highest BCUT2D eigenvalue weighted by Gasteiger charge is 2.18. The van der Waals surface area contributed by atoms with Crippen molar-refractivity contribution in [1.29, 1.82) is 0 Å². The molecule has 0 atom stereocenters. The van der Waals surface area contributed by atoms with Crippen LogP contribution in [0.4, 0.5) is 5.69 Å². The van der Waals surface area contributed by atoms with Gasteiger partial charge in [-0.25, -0.2) is 8.42 Å². The van der Waals surface area contributed by atoms with Gasteiger partial charge in [-0.3, -0.25) is 9.71 Å². The number of hydrogen-bond acceptors (Lipinski definition) is 3. The summed E-state index contributed by atoms with van der Waals surface area (Å²) in [6.07, 6.45) is 3.09. The molecule has 2 rings (SSSR count). The van der Waals surface area contributed by atoms with E-state index in [0.29, 0.717) is 10.6 Å². The first-order chi connectivity index (χ1) is 8.92. The molecule has 2 aromatic rings. The number of nitrogens with zero attached hydrogens (tertiary/aromatic N) is 1. The normalized spacial score (nSPS) is 11.3. The number of aryl methyl sites for hydroxylation is 1. The summed E-state index contributed by atoms with van der Waals surface area (Å²) in [7, 11) is -3.56. The number of anilines is 1. The Kier molecular flexibility index (Phi) is 3.57. The van der Waals surface area contributed by atoms with E-state index in [9.17, 15) is 8.42 Å². The monoisotopic (exact) mass is 276 g/mol. The molecule has 0 aliphatic carbocycles. The van der Waals surface area contributed by atoms with E-state index in [1.54, 1.807) is 30.6 Å². The van der Waals surface area contributed by atoms with Crippen LogP contribution >= 0.6 is 0 Å². The summed E-state index contributed by atoms with van der Waals surface area (Å²) in [6, 6.07) is 6.70. The summed E-state index contributed by atoms with van der Waals surface area (Å²) in [4.78, 5) is 4.17. The average Bonchev–Trinajstić information content (AvgIpc) is 2.36. The van der Waals surface area contributed by atoms with E-state index in [4.69, 9.17) is 0 Å². The van der Waals surface area contributed by atoms with Crippen LogP contribution in [0, 0.1) is 20.8 Å². The number of hydrogen-bond donors (Lipinski definition) is 1. The third kappa shape index (κ3) is 2.76. The Balaban J connectivity index is 2.44. The molecular weight excluding hydrogens is 260 g/mol. The van der Waals surface area contributed by atoms with Gasteiger partial charge in [0.1, 0.15) is 0 Å². The predicted molar refractivity (Wildman–Crippen MR) is 75.7 cm³/mol. The predicted octanol–water partition coefficient (Wildman–Crippen LogP) is 2.81. The van der Waals surface area contributed by atoms with Crippen molar-refractivity contribution in [2.45, 2.75) is 25.7 Å². The van der Waals surface area contributed by atoms with Crippen molar-refractivity contribution in [1.82, 2.24) is 4.98 Å². The van der Waals surface area contributed by atoms with Gasteiger partial charge < -0.3 is 0 Å². The number of pyridine rings is 1. The number of rotatable bonds is 3. The van der Waals surface area contributed by atoms with Crippen molar-refractivity contribution >= 4 is 15.7 Å². The molecule has 19 heavy (non-hydrogen) atoms. The minimum absolute atomic E-state index is 0.312. The van der Waals surface area contributed by atoms with Crippen molar-refractivity contribution in [2.24, 2.45) is 0 Å². The van der Waals surface area contributed by atoms with Crippen LogP contribution in [0.2, 0.25) is 0 Å². The molecule has 5 heteroatoms. The first-order valence-electron chi connectivity index (χ1n) is 5.91. The maximum Gasteiger partial charge on any atom is 0.262 e. The van der Waals surface area contributed by atoms with Crippen LogP contribution in [0.25, 0.3) is 0 Å². The van der Waals surface area contributed by atoms with E-state index in [1.165, 1.54) is 0 Å². The summed E-state index contributed by atoms with van der Waals surface area (Å²) < 4.78 is 27.3. The lowest BCUT2D eigenvalue weighted by molar-refractivity contribution is 0.600. The molecule has 0 saturated heterocycles. The Morgan fingerprint density at radius 1 is 0.947 bits per heavy atom.